The van der Waals surface area contributed by atoms with E-state index in [2.05, 4.69) is 44.8 Å². The van der Waals surface area contributed by atoms with Crippen LogP contribution >= 0.6 is 22.7 Å². The summed E-state index contributed by atoms with van der Waals surface area (Å²) < 4.78 is 5.29. The van der Waals surface area contributed by atoms with Gasteiger partial charge in [-0.15, -0.1) is 22.7 Å². The summed E-state index contributed by atoms with van der Waals surface area (Å²) in [7, 11) is 0. The lowest BCUT2D eigenvalue weighted by atomic mass is 9.97. The van der Waals surface area contributed by atoms with E-state index in [0.29, 0.717) is 31.1 Å². The smallest absolute Gasteiger partial charge is 0.227 e. The second-order valence-electron chi connectivity index (χ2n) is 7.54. The highest BCUT2D eigenvalue weighted by Crippen LogP contribution is 2.29. The van der Waals surface area contributed by atoms with Crippen LogP contribution in [0.1, 0.15) is 43.0 Å². The van der Waals surface area contributed by atoms with Crippen LogP contribution in [0.5, 0.6) is 0 Å². The van der Waals surface area contributed by atoms with Crippen molar-refractivity contribution >= 4 is 28.6 Å². The Bertz CT molecular complexity index is 884. The average Bonchev–Trinajstić information content (AvgIpc) is 3.49. The Morgan fingerprint density at radius 2 is 2.07 bits per heavy atom. The molecular formula is C21H26N4O2S2. The van der Waals surface area contributed by atoms with Gasteiger partial charge >= 0.3 is 0 Å². The third-order valence-corrected chi connectivity index (χ3v) is 7.24. The van der Waals surface area contributed by atoms with Crippen LogP contribution in [0.15, 0.2) is 39.5 Å². The lowest BCUT2D eigenvalue weighted by Crippen LogP contribution is -2.41. The lowest BCUT2D eigenvalue weighted by molar-refractivity contribution is -0.121. The van der Waals surface area contributed by atoms with Crippen molar-refractivity contribution in [2.24, 2.45) is 5.92 Å². The first-order valence-electron chi connectivity index (χ1n) is 10.1. The van der Waals surface area contributed by atoms with Crippen molar-refractivity contribution in [3.05, 3.63) is 45.8 Å². The van der Waals surface area contributed by atoms with Gasteiger partial charge in [-0.1, -0.05) is 24.2 Å². The van der Waals surface area contributed by atoms with Gasteiger partial charge in [-0.2, -0.15) is 4.98 Å². The van der Waals surface area contributed by atoms with Gasteiger partial charge in [0.15, 0.2) is 0 Å². The molecule has 4 rings (SSSR count). The maximum absolute atomic E-state index is 12.4. The molecule has 154 valence electrons. The number of nitrogens with zero attached hydrogens (tertiary/aromatic N) is 3. The van der Waals surface area contributed by atoms with Crippen molar-refractivity contribution in [2.75, 3.05) is 19.6 Å². The summed E-state index contributed by atoms with van der Waals surface area (Å²) in [6.45, 7) is 5.14. The Morgan fingerprint density at radius 3 is 2.79 bits per heavy atom. The number of amides is 1. The van der Waals surface area contributed by atoms with Crippen molar-refractivity contribution in [3.8, 4) is 10.7 Å². The van der Waals surface area contributed by atoms with E-state index in [1.54, 1.807) is 22.7 Å². The second kappa shape index (κ2) is 9.65. The summed E-state index contributed by atoms with van der Waals surface area (Å²) in [4.78, 5) is 21.6. The van der Waals surface area contributed by atoms with Gasteiger partial charge < -0.3 is 9.84 Å². The quantitative estimate of drug-likeness (QED) is 0.574. The average molecular weight is 431 g/mol. The molecule has 1 saturated heterocycles. The second-order valence-corrected chi connectivity index (χ2v) is 9.47. The Labute approximate surface area is 178 Å². The van der Waals surface area contributed by atoms with Crippen LogP contribution in [0.3, 0.4) is 0 Å². The van der Waals surface area contributed by atoms with Gasteiger partial charge in [0.05, 0.1) is 10.9 Å². The molecule has 0 unspecified atom stereocenters. The number of aryl methyl sites for hydroxylation is 1. The molecule has 1 amide bonds. The third-order valence-electron chi connectivity index (χ3n) is 5.40. The lowest BCUT2D eigenvalue weighted by Gasteiger charge is -2.36. The molecule has 3 aromatic heterocycles. The standard InChI is InChI=1S/C21H26N4O2S2/c1-15-8-10-25(11-9-15)16(17-4-2-12-28-17)14-22-19(26)6-7-20-23-21(24-27-20)18-5-3-13-29-18/h2-5,12-13,15-16H,6-11,14H2,1H3,(H,22,26)/t16-/m1/s1. The molecule has 1 fully saturated rings. The highest BCUT2D eigenvalue weighted by atomic mass is 32.1. The summed E-state index contributed by atoms with van der Waals surface area (Å²) in [5.41, 5.74) is 0. The van der Waals surface area contributed by atoms with Gasteiger partial charge in [0.2, 0.25) is 17.6 Å². The molecular weight excluding hydrogens is 404 g/mol. The summed E-state index contributed by atoms with van der Waals surface area (Å²) in [5, 5.41) is 11.2. The Morgan fingerprint density at radius 1 is 1.28 bits per heavy atom. The fourth-order valence-corrected chi connectivity index (χ4v) is 5.12. The van der Waals surface area contributed by atoms with Crippen LogP contribution in [-0.2, 0) is 11.2 Å². The fraction of sp³-hybridized carbons (Fsp3) is 0.476. The normalized spacial score (nSPS) is 16.7. The predicted molar refractivity (Wildman–Crippen MR) is 116 cm³/mol. The minimum atomic E-state index is 0.0211. The van der Waals surface area contributed by atoms with Gasteiger partial charge in [0.1, 0.15) is 0 Å². The minimum absolute atomic E-state index is 0.0211. The molecule has 0 spiro atoms. The first-order chi connectivity index (χ1) is 14.2. The van der Waals surface area contributed by atoms with Gasteiger partial charge in [0, 0.05) is 24.3 Å². The Hall–Kier alpha value is -2.03. The van der Waals surface area contributed by atoms with E-state index in [0.717, 1.165) is 23.9 Å². The molecule has 0 aliphatic carbocycles. The number of thiophene rings is 2. The minimum Gasteiger partial charge on any atom is -0.354 e. The molecule has 4 heterocycles. The SMILES string of the molecule is CC1CCN([C@H](CNC(=O)CCc2nc(-c3cccs3)no2)c2cccs2)CC1. The Kier molecular flexibility index (Phi) is 6.74. The number of piperidine rings is 1. The number of nitrogens with one attached hydrogen (secondary N) is 1. The van der Waals surface area contributed by atoms with Gasteiger partial charge in [-0.25, -0.2) is 0 Å². The monoisotopic (exact) mass is 430 g/mol. The largest absolute Gasteiger partial charge is 0.354 e. The molecule has 0 bridgehead atoms. The molecule has 1 atom stereocenters. The van der Waals surface area contributed by atoms with E-state index in [-0.39, 0.29) is 11.9 Å². The molecule has 1 aliphatic heterocycles. The molecule has 0 saturated carbocycles. The number of carbonyl (C=O) groups is 1. The summed E-state index contributed by atoms with van der Waals surface area (Å²) in [5.74, 6) is 1.90. The predicted octanol–water partition coefficient (Wildman–Crippen LogP) is 4.38. The maximum atomic E-state index is 12.4. The zero-order valence-electron chi connectivity index (χ0n) is 16.5. The summed E-state index contributed by atoms with van der Waals surface area (Å²) in [6, 6.07) is 8.42. The third kappa shape index (κ3) is 5.32. The van der Waals surface area contributed by atoms with E-state index in [1.807, 2.05) is 17.5 Å². The summed E-state index contributed by atoms with van der Waals surface area (Å²) in [6.07, 6.45) is 3.24. The number of rotatable bonds is 8. The zero-order chi connectivity index (χ0) is 20.1. The number of aromatic nitrogens is 2. The number of hydrogen-bond donors (Lipinski definition) is 1. The summed E-state index contributed by atoms with van der Waals surface area (Å²) >= 11 is 3.33. The van der Waals surface area contributed by atoms with Crippen LogP contribution in [0, 0.1) is 5.92 Å². The molecule has 29 heavy (non-hydrogen) atoms. The molecule has 6 nitrogen and oxygen atoms in total. The van der Waals surface area contributed by atoms with Crippen molar-refractivity contribution < 1.29 is 9.32 Å². The van der Waals surface area contributed by atoms with Crippen molar-refractivity contribution in [3.63, 3.8) is 0 Å². The van der Waals surface area contributed by atoms with Gasteiger partial charge in [0.25, 0.3) is 0 Å². The van der Waals surface area contributed by atoms with Gasteiger partial charge in [-0.3, -0.25) is 9.69 Å². The highest BCUT2D eigenvalue weighted by molar-refractivity contribution is 7.13. The molecule has 3 aromatic rings. The van der Waals surface area contributed by atoms with Crippen LogP contribution < -0.4 is 5.32 Å². The van der Waals surface area contributed by atoms with Crippen LogP contribution in [0.4, 0.5) is 0 Å². The topological polar surface area (TPSA) is 71.3 Å². The number of carbonyl (C=O) groups excluding carboxylic acids is 1. The zero-order valence-corrected chi connectivity index (χ0v) is 18.2. The first kappa shape index (κ1) is 20.3. The van der Waals surface area contributed by atoms with E-state index in [4.69, 9.17) is 4.52 Å². The molecule has 1 N–H and O–H groups in total. The van der Waals surface area contributed by atoms with Crippen LogP contribution in [0.2, 0.25) is 0 Å². The first-order valence-corrected chi connectivity index (χ1v) is 11.9. The van der Waals surface area contributed by atoms with Crippen LogP contribution in [-0.4, -0.2) is 40.6 Å². The van der Waals surface area contributed by atoms with Gasteiger partial charge in [-0.05, 0) is 54.7 Å². The van der Waals surface area contributed by atoms with Crippen molar-refractivity contribution in [1.29, 1.82) is 0 Å². The van der Waals surface area contributed by atoms with E-state index in [1.165, 1.54) is 17.7 Å². The van der Waals surface area contributed by atoms with E-state index >= 15 is 0 Å². The van der Waals surface area contributed by atoms with E-state index < -0.39 is 0 Å². The van der Waals surface area contributed by atoms with Crippen LogP contribution in [0.25, 0.3) is 10.7 Å². The Balaban J connectivity index is 1.29. The van der Waals surface area contributed by atoms with E-state index in [9.17, 15) is 4.79 Å². The van der Waals surface area contributed by atoms with Crippen molar-refractivity contribution in [1.82, 2.24) is 20.4 Å². The number of hydrogen-bond acceptors (Lipinski definition) is 7. The molecule has 8 heteroatoms. The number of likely N-dealkylation sites (tertiary alicyclic amines) is 1. The fourth-order valence-electron chi connectivity index (χ4n) is 3.61. The highest BCUT2D eigenvalue weighted by Gasteiger charge is 2.25. The van der Waals surface area contributed by atoms with Crippen molar-refractivity contribution in [2.45, 2.75) is 38.6 Å². The maximum Gasteiger partial charge on any atom is 0.227 e. The molecule has 0 aromatic carbocycles. The molecule has 1 aliphatic rings. The molecule has 0 radical (unpaired) electrons.